The van der Waals surface area contributed by atoms with Crippen LogP contribution >= 0.6 is 0 Å². The van der Waals surface area contributed by atoms with E-state index in [4.69, 9.17) is 4.52 Å². The standard InChI is InChI=1S/C15H17N3O2/c1-10-6-13(18-20-10)9-17-15(19)14-7-11-4-2-3-5-12(11)8-16-14/h2-6,14,16H,7-9H2,1H3,(H,17,19)/t14-/m0/s1. The summed E-state index contributed by atoms with van der Waals surface area (Å²) in [6.07, 6.45) is 0.722. The molecule has 1 aliphatic heterocycles. The molecule has 0 radical (unpaired) electrons. The first-order valence-corrected chi connectivity index (χ1v) is 6.72. The Morgan fingerprint density at radius 2 is 2.25 bits per heavy atom. The van der Waals surface area contributed by atoms with Gasteiger partial charge in [0.25, 0.3) is 0 Å². The van der Waals surface area contributed by atoms with E-state index in [2.05, 4.69) is 27.9 Å². The van der Waals surface area contributed by atoms with Crippen molar-refractivity contribution in [3.63, 3.8) is 0 Å². The van der Waals surface area contributed by atoms with Crippen LogP contribution in [0.15, 0.2) is 34.9 Å². The SMILES string of the molecule is Cc1cc(CNC(=O)[C@@H]2Cc3ccccc3CN2)no1. The van der Waals surface area contributed by atoms with Gasteiger partial charge in [-0.2, -0.15) is 0 Å². The van der Waals surface area contributed by atoms with Crippen LogP contribution in [0.2, 0.25) is 0 Å². The summed E-state index contributed by atoms with van der Waals surface area (Å²) in [6.45, 7) is 2.96. The first-order chi connectivity index (χ1) is 9.72. The average molecular weight is 271 g/mol. The smallest absolute Gasteiger partial charge is 0.237 e. The van der Waals surface area contributed by atoms with Crippen molar-refractivity contribution in [1.29, 1.82) is 0 Å². The maximum atomic E-state index is 12.2. The maximum absolute atomic E-state index is 12.2. The lowest BCUT2D eigenvalue weighted by atomic mass is 9.95. The molecule has 0 saturated carbocycles. The van der Waals surface area contributed by atoms with Gasteiger partial charge < -0.3 is 15.2 Å². The highest BCUT2D eigenvalue weighted by molar-refractivity contribution is 5.82. The van der Waals surface area contributed by atoms with Crippen LogP contribution in [-0.4, -0.2) is 17.1 Å². The van der Waals surface area contributed by atoms with Gasteiger partial charge in [-0.05, 0) is 24.5 Å². The summed E-state index contributed by atoms with van der Waals surface area (Å²) in [6, 6.07) is 9.85. The van der Waals surface area contributed by atoms with Crippen molar-refractivity contribution in [3.8, 4) is 0 Å². The highest BCUT2D eigenvalue weighted by Crippen LogP contribution is 2.16. The molecule has 1 amide bonds. The summed E-state index contributed by atoms with van der Waals surface area (Å²) >= 11 is 0. The third-order valence-corrected chi connectivity index (χ3v) is 3.52. The molecule has 1 aliphatic rings. The number of carbonyl (C=O) groups excluding carboxylic acids is 1. The summed E-state index contributed by atoms with van der Waals surface area (Å²) in [5, 5.41) is 10.0. The van der Waals surface area contributed by atoms with E-state index in [1.54, 1.807) is 0 Å². The molecule has 0 aliphatic carbocycles. The molecule has 5 heteroatoms. The molecule has 20 heavy (non-hydrogen) atoms. The van der Waals surface area contributed by atoms with Crippen LogP contribution in [0, 0.1) is 6.92 Å². The van der Waals surface area contributed by atoms with E-state index in [9.17, 15) is 4.79 Å². The Bertz CT molecular complexity index is 621. The van der Waals surface area contributed by atoms with E-state index >= 15 is 0 Å². The molecule has 0 spiro atoms. The lowest BCUT2D eigenvalue weighted by molar-refractivity contribution is -0.123. The highest BCUT2D eigenvalue weighted by atomic mass is 16.5. The van der Waals surface area contributed by atoms with Crippen molar-refractivity contribution in [1.82, 2.24) is 15.8 Å². The molecule has 104 valence electrons. The lowest BCUT2D eigenvalue weighted by Gasteiger charge is -2.25. The number of hydrogen-bond donors (Lipinski definition) is 2. The van der Waals surface area contributed by atoms with Crippen molar-refractivity contribution in [2.45, 2.75) is 32.5 Å². The molecule has 5 nitrogen and oxygen atoms in total. The third kappa shape index (κ3) is 2.72. The second-order valence-electron chi connectivity index (χ2n) is 5.05. The molecular weight excluding hydrogens is 254 g/mol. The Labute approximate surface area is 117 Å². The molecule has 1 aromatic heterocycles. The van der Waals surface area contributed by atoms with Gasteiger partial charge in [-0.25, -0.2) is 0 Å². The van der Waals surface area contributed by atoms with E-state index in [-0.39, 0.29) is 11.9 Å². The van der Waals surface area contributed by atoms with Gasteiger partial charge in [0.2, 0.25) is 5.91 Å². The zero-order valence-electron chi connectivity index (χ0n) is 11.3. The zero-order valence-corrected chi connectivity index (χ0v) is 11.3. The molecule has 1 atom stereocenters. The van der Waals surface area contributed by atoms with Crippen LogP contribution in [0.1, 0.15) is 22.6 Å². The van der Waals surface area contributed by atoms with Gasteiger partial charge in [-0.15, -0.1) is 0 Å². The Balaban J connectivity index is 1.59. The fraction of sp³-hybridized carbons (Fsp3) is 0.333. The minimum absolute atomic E-state index is 0.000145. The fourth-order valence-corrected chi connectivity index (χ4v) is 2.44. The average Bonchev–Trinajstić information content (AvgIpc) is 2.90. The molecule has 0 bridgehead atoms. The summed E-state index contributed by atoms with van der Waals surface area (Å²) in [7, 11) is 0. The molecule has 2 aromatic rings. The number of nitrogens with zero attached hydrogens (tertiary/aromatic N) is 1. The Morgan fingerprint density at radius 1 is 1.45 bits per heavy atom. The number of carbonyl (C=O) groups is 1. The number of fused-ring (bicyclic) bond motifs is 1. The van der Waals surface area contributed by atoms with Gasteiger partial charge in [0.1, 0.15) is 11.5 Å². The van der Waals surface area contributed by atoms with Crippen molar-refractivity contribution in [3.05, 3.63) is 52.9 Å². The number of nitrogens with one attached hydrogen (secondary N) is 2. The fourth-order valence-electron chi connectivity index (χ4n) is 2.44. The maximum Gasteiger partial charge on any atom is 0.237 e. The normalized spacial score (nSPS) is 17.6. The molecule has 2 N–H and O–H groups in total. The first kappa shape index (κ1) is 12.9. The number of aryl methyl sites for hydroxylation is 1. The summed E-state index contributed by atoms with van der Waals surface area (Å²) in [4.78, 5) is 12.2. The minimum Gasteiger partial charge on any atom is -0.361 e. The molecule has 0 saturated heterocycles. The van der Waals surface area contributed by atoms with Crippen LogP contribution < -0.4 is 10.6 Å². The molecule has 3 rings (SSSR count). The first-order valence-electron chi connectivity index (χ1n) is 6.72. The van der Waals surface area contributed by atoms with Gasteiger partial charge in [0.05, 0.1) is 12.6 Å². The number of aromatic nitrogens is 1. The number of rotatable bonds is 3. The Morgan fingerprint density at radius 3 is 3.00 bits per heavy atom. The van der Waals surface area contributed by atoms with Crippen LogP contribution in [-0.2, 0) is 24.3 Å². The van der Waals surface area contributed by atoms with Crippen molar-refractivity contribution >= 4 is 5.91 Å². The Hall–Kier alpha value is -2.14. The van der Waals surface area contributed by atoms with Gasteiger partial charge in [0.15, 0.2) is 0 Å². The predicted molar refractivity (Wildman–Crippen MR) is 73.9 cm³/mol. The number of benzene rings is 1. The Kier molecular flexibility index (Phi) is 3.52. The van der Waals surface area contributed by atoms with Crippen LogP contribution in [0.25, 0.3) is 0 Å². The quantitative estimate of drug-likeness (QED) is 0.883. The monoisotopic (exact) mass is 271 g/mol. The van der Waals surface area contributed by atoms with E-state index < -0.39 is 0 Å². The molecule has 0 unspecified atom stereocenters. The third-order valence-electron chi connectivity index (χ3n) is 3.52. The van der Waals surface area contributed by atoms with Crippen LogP contribution in [0.4, 0.5) is 0 Å². The molecular formula is C15H17N3O2. The van der Waals surface area contributed by atoms with Crippen molar-refractivity contribution < 1.29 is 9.32 Å². The van der Waals surface area contributed by atoms with Crippen LogP contribution in [0.5, 0.6) is 0 Å². The minimum atomic E-state index is -0.183. The van der Waals surface area contributed by atoms with E-state index in [0.29, 0.717) is 6.54 Å². The summed E-state index contributed by atoms with van der Waals surface area (Å²) < 4.78 is 4.97. The second-order valence-corrected chi connectivity index (χ2v) is 5.05. The molecule has 1 aromatic carbocycles. The topological polar surface area (TPSA) is 67.2 Å². The number of hydrogen-bond acceptors (Lipinski definition) is 4. The predicted octanol–water partition coefficient (Wildman–Crippen LogP) is 1.31. The van der Waals surface area contributed by atoms with Gasteiger partial charge in [-0.3, -0.25) is 4.79 Å². The van der Waals surface area contributed by atoms with E-state index in [1.807, 2.05) is 25.1 Å². The second kappa shape index (κ2) is 5.46. The lowest BCUT2D eigenvalue weighted by Crippen LogP contribution is -2.47. The zero-order chi connectivity index (χ0) is 13.9. The number of amides is 1. The molecule has 0 fully saturated rings. The highest BCUT2D eigenvalue weighted by Gasteiger charge is 2.23. The summed E-state index contributed by atoms with van der Waals surface area (Å²) in [5.41, 5.74) is 3.25. The largest absolute Gasteiger partial charge is 0.361 e. The van der Waals surface area contributed by atoms with Gasteiger partial charge in [-0.1, -0.05) is 29.4 Å². The van der Waals surface area contributed by atoms with E-state index in [0.717, 1.165) is 24.4 Å². The van der Waals surface area contributed by atoms with Gasteiger partial charge >= 0.3 is 0 Å². The van der Waals surface area contributed by atoms with E-state index in [1.165, 1.54) is 11.1 Å². The van der Waals surface area contributed by atoms with Crippen molar-refractivity contribution in [2.75, 3.05) is 0 Å². The summed E-state index contributed by atoms with van der Waals surface area (Å²) in [5.74, 6) is 0.749. The van der Waals surface area contributed by atoms with Gasteiger partial charge in [0, 0.05) is 12.6 Å². The molecule has 2 heterocycles. The van der Waals surface area contributed by atoms with Crippen LogP contribution in [0.3, 0.4) is 0 Å². The van der Waals surface area contributed by atoms with Crippen molar-refractivity contribution in [2.24, 2.45) is 0 Å².